The third-order valence-corrected chi connectivity index (χ3v) is 9.29. The van der Waals surface area contributed by atoms with Gasteiger partial charge in [0.15, 0.2) is 23.1 Å². The number of nitrogens with zero attached hydrogens (tertiary/aromatic N) is 1. The third-order valence-electron chi connectivity index (χ3n) is 7.47. The van der Waals surface area contributed by atoms with Gasteiger partial charge in [-0.15, -0.1) is 0 Å². The van der Waals surface area contributed by atoms with E-state index in [0.717, 1.165) is 5.56 Å². The minimum atomic E-state index is -4.20. The SMILES string of the molecule is COc1cc(C2C3=C(CCCC3=O)N(CC(=O)O)C3=C2C(=O)CCC3)cc(Br)c1OS(=O)(=O)c1ccc(C)cc1. The molecule has 1 aliphatic heterocycles. The molecule has 3 aliphatic rings. The Kier molecular flexibility index (Phi) is 7.62. The van der Waals surface area contributed by atoms with E-state index in [2.05, 4.69) is 15.9 Å². The van der Waals surface area contributed by atoms with Gasteiger partial charge in [0.1, 0.15) is 11.4 Å². The van der Waals surface area contributed by atoms with Crippen molar-refractivity contribution in [1.82, 2.24) is 4.90 Å². The summed E-state index contributed by atoms with van der Waals surface area (Å²) in [5.41, 5.74) is 3.54. The molecular formula is C29H28BrNO8S. The number of rotatable bonds is 7. The number of carboxylic acid groups (broad SMARTS) is 1. The van der Waals surface area contributed by atoms with E-state index < -0.39 is 22.0 Å². The first-order chi connectivity index (χ1) is 19.0. The molecule has 2 aromatic rings. The van der Waals surface area contributed by atoms with Crippen molar-refractivity contribution in [2.24, 2.45) is 0 Å². The van der Waals surface area contributed by atoms with Crippen LogP contribution in [0, 0.1) is 6.92 Å². The Hall–Kier alpha value is -3.44. The maximum Gasteiger partial charge on any atom is 0.339 e. The number of hydrogen-bond donors (Lipinski definition) is 1. The summed E-state index contributed by atoms with van der Waals surface area (Å²) in [6.07, 6.45) is 2.80. The van der Waals surface area contributed by atoms with E-state index in [1.165, 1.54) is 19.2 Å². The Morgan fingerprint density at radius 1 is 1.00 bits per heavy atom. The number of halogens is 1. The summed E-state index contributed by atoms with van der Waals surface area (Å²) in [5.74, 6) is -2.02. The van der Waals surface area contributed by atoms with Crippen LogP contribution in [0.1, 0.15) is 55.6 Å². The summed E-state index contributed by atoms with van der Waals surface area (Å²) in [4.78, 5) is 40.2. The lowest BCUT2D eigenvalue weighted by Gasteiger charge is -2.43. The highest BCUT2D eigenvalue weighted by atomic mass is 79.9. The third kappa shape index (κ3) is 5.08. The quantitative estimate of drug-likeness (QED) is 0.419. The molecule has 1 N–H and O–H groups in total. The minimum Gasteiger partial charge on any atom is -0.493 e. The van der Waals surface area contributed by atoms with Crippen LogP contribution < -0.4 is 8.92 Å². The maximum absolute atomic E-state index is 13.4. The van der Waals surface area contributed by atoms with Gasteiger partial charge in [-0.2, -0.15) is 8.42 Å². The Morgan fingerprint density at radius 3 is 2.10 bits per heavy atom. The van der Waals surface area contributed by atoms with Crippen LogP contribution in [0.4, 0.5) is 0 Å². The van der Waals surface area contributed by atoms with Crippen molar-refractivity contribution < 1.29 is 36.8 Å². The molecule has 40 heavy (non-hydrogen) atoms. The molecule has 0 amide bonds. The first-order valence-corrected chi connectivity index (χ1v) is 15.1. The molecular weight excluding hydrogens is 602 g/mol. The number of ketones is 2. The summed E-state index contributed by atoms with van der Waals surface area (Å²) in [6, 6.07) is 9.47. The second-order valence-electron chi connectivity index (χ2n) is 10.1. The van der Waals surface area contributed by atoms with Crippen LogP contribution in [0.3, 0.4) is 0 Å². The lowest BCUT2D eigenvalue weighted by molar-refractivity contribution is -0.138. The molecule has 0 atom stereocenters. The molecule has 2 aromatic carbocycles. The molecule has 11 heteroatoms. The fourth-order valence-electron chi connectivity index (χ4n) is 5.73. The smallest absolute Gasteiger partial charge is 0.339 e. The number of Topliss-reactive ketones (excluding diaryl/α,β-unsaturated/α-hetero) is 2. The van der Waals surface area contributed by atoms with Crippen LogP contribution in [0.25, 0.3) is 0 Å². The molecule has 5 rings (SSSR count). The Morgan fingerprint density at radius 2 is 1.57 bits per heavy atom. The molecule has 0 saturated carbocycles. The maximum atomic E-state index is 13.4. The predicted molar refractivity (Wildman–Crippen MR) is 149 cm³/mol. The number of hydrogen-bond acceptors (Lipinski definition) is 8. The van der Waals surface area contributed by atoms with Gasteiger partial charge in [0.05, 0.1) is 11.6 Å². The van der Waals surface area contributed by atoms with Gasteiger partial charge in [-0.05, 0) is 78.4 Å². The lowest BCUT2D eigenvalue weighted by Crippen LogP contribution is -2.41. The van der Waals surface area contributed by atoms with Crippen molar-refractivity contribution in [3.05, 3.63) is 74.5 Å². The summed E-state index contributed by atoms with van der Waals surface area (Å²) in [6.45, 7) is 1.51. The molecule has 0 spiro atoms. The second-order valence-corrected chi connectivity index (χ2v) is 12.5. The Labute approximate surface area is 240 Å². The van der Waals surface area contributed by atoms with Gasteiger partial charge < -0.3 is 18.9 Å². The van der Waals surface area contributed by atoms with Crippen LogP contribution in [-0.4, -0.2) is 49.6 Å². The normalized spacial score (nSPS) is 18.0. The average molecular weight is 631 g/mol. The van der Waals surface area contributed by atoms with Crippen LogP contribution in [-0.2, 0) is 24.5 Å². The van der Waals surface area contributed by atoms with Crippen LogP contribution in [0.15, 0.2) is 68.3 Å². The van der Waals surface area contributed by atoms with Gasteiger partial charge >= 0.3 is 16.1 Å². The number of carboxylic acids is 1. The number of benzene rings is 2. The van der Waals surface area contributed by atoms with Crippen molar-refractivity contribution >= 4 is 43.6 Å². The topological polar surface area (TPSA) is 127 Å². The average Bonchev–Trinajstić information content (AvgIpc) is 2.90. The van der Waals surface area contributed by atoms with Crippen molar-refractivity contribution in [2.75, 3.05) is 13.7 Å². The van der Waals surface area contributed by atoms with Crippen LogP contribution in [0.5, 0.6) is 11.5 Å². The second kappa shape index (κ2) is 10.9. The highest BCUT2D eigenvalue weighted by Gasteiger charge is 2.44. The summed E-state index contributed by atoms with van der Waals surface area (Å²) >= 11 is 3.43. The van der Waals surface area contributed by atoms with Gasteiger partial charge in [0, 0.05) is 41.3 Å². The largest absolute Gasteiger partial charge is 0.493 e. The van der Waals surface area contributed by atoms with E-state index in [0.29, 0.717) is 66.6 Å². The van der Waals surface area contributed by atoms with Gasteiger partial charge in [-0.25, -0.2) is 0 Å². The molecule has 210 valence electrons. The fraction of sp³-hybridized carbons (Fsp3) is 0.345. The molecule has 0 radical (unpaired) electrons. The zero-order valence-corrected chi connectivity index (χ0v) is 24.4. The fourth-order valence-corrected chi connectivity index (χ4v) is 7.33. The van der Waals surface area contributed by atoms with Crippen molar-refractivity contribution in [2.45, 2.75) is 56.3 Å². The van der Waals surface area contributed by atoms with E-state index in [1.54, 1.807) is 29.2 Å². The van der Waals surface area contributed by atoms with E-state index >= 15 is 0 Å². The van der Waals surface area contributed by atoms with Gasteiger partial charge in [-0.1, -0.05) is 17.7 Å². The first-order valence-electron chi connectivity index (χ1n) is 12.9. The monoisotopic (exact) mass is 629 g/mol. The zero-order valence-electron chi connectivity index (χ0n) is 22.0. The number of carbonyl (C=O) groups excluding carboxylic acids is 2. The number of allylic oxidation sites excluding steroid dienone is 4. The van der Waals surface area contributed by atoms with E-state index in [9.17, 15) is 27.9 Å². The van der Waals surface area contributed by atoms with Crippen LogP contribution >= 0.6 is 15.9 Å². The van der Waals surface area contributed by atoms with Crippen molar-refractivity contribution in [1.29, 1.82) is 0 Å². The highest BCUT2D eigenvalue weighted by Crippen LogP contribution is 2.51. The summed E-state index contributed by atoms with van der Waals surface area (Å²) in [5, 5.41) is 9.64. The summed E-state index contributed by atoms with van der Waals surface area (Å²) < 4.78 is 37.4. The van der Waals surface area contributed by atoms with E-state index in [4.69, 9.17) is 8.92 Å². The molecule has 0 fully saturated rings. The first kappa shape index (κ1) is 28.1. The predicted octanol–water partition coefficient (Wildman–Crippen LogP) is 5.03. The standard InChI is InChI=1S/C29H28BrNO8S/c1-16-9-11-18(12-10-16)40(36,37)39-29-19(30)13-17(14-24(29)38-2)26-27-20(5-3-7-22(27)32)31(15-25(34)35)21-6-4-8-23(33)28(21)26/h9-14,26H,3-8,15H2,1-2H3,(H,34,35). The van der Waals surface area contributed by atoms with Gasteiger partial charge in [-0.3, -0.25) is 14.4 Å². The molecule has 1 heterocycles. The van der Waals surface area contributed by atoms with E-state index in [-0.39, 0.29) is 39.0 Å². The summed E-state index contributed by atoms with van der Waals surface area (Å²) in [7, 11) is -2.82. The highest BCUT2D eigenvalue weighted by molar-refractivity contribution is 9.10. The molecule has 0 aromatic heterocycles. The zero-order chi connectivity index (χ0) is 28.8. The van der Waals surface area contributed by atoms with Gasteiger partial charge in [0.2, 0.25) is 0 Å². The van der Waals surface area contributed by atoms with Crippen molar-refractivity contribution in [3.8, 4) is 11.5 Å². The molecule has 9 nitrogen and oxygen atoms in total. The van der Waals surface area contributed by atoms with Crippen LogP contribution in [0.2, 0.25) is 0 Å². The number of aliphatic carboxylic acids is 1. The number of carbonyl (C=O) groups is 3. The Bertz CT molecular complexity index is 1550. The lowest BCUT2D eigenvalue weighted by atomic mass is 9.71. The molecule has 0 saturated heterocycles. The molecule has 0 bridgehead atoms. The molecule has 2 aliphatic carbocycles. The van der Waals surface area contributed by atoms with E-state index in [1.807, 2.05) is 6.92 Å². The minimum absolute atomic E-state index is 0.0212. The number of ether oxygens (including phenoxy) is 1. The Balaban J connectivity index is 1.65. The number of methoxy groups -OCH3 is 1. The molecule has 0 unspecified atom stereocenters. The van der Waals surface area contributed by atoms with Crippen molar-refractivity contribution in [3.63, 3.8) is 0 Å². The number of aryl methyl sites for hydroxylation is 1. The van der Waals surface area contributed by atoms with Gasteiger partial charge in [0.25, 0.3) is 0 Å².